The maximum absolute atomic E-state index is 12.4. The monoisotopic (exact) mass is 326 g/mol. The first-order valence-corrected chi connectivity index (χ1v) is 8.47. The van der Waals surface area contributed by atoms with Gasteiger partial charge < -0.3 is 14.9 Å². The van der Waals surface area contributed by atoms with Crippen molar-refractivity contribution in [2.45, 2.75) is 71.8 Å². The van der Waals surface area contributed by atoms with Gasteiger partial charge in [0, 0.05) is 5.41 Å². The predicted octanol–water partition coefficient (Wildman–Crippen LogP) is 3.00. The van der Waals surface area contributed by atoms with E-state index in [9.17, 15) is 19.8 Å². The summed E-state index contributed by atoms with van der Waals surface area (Å²) in [5.41, 5.74) is -3.16. The molecule has 0 amide bonds. The number of fused-ring (bicyclic) bond motifs is 1. The van der Waals surface area contributed by atoms with E-state index >= 15 is 0 Å². The highest BCUT2D eigenvalue weighted by Gasteiger charge is 2.69. The van der Waals surface area contributed by atoms with Crippen LogP contribution in [0.15, 0.2) is 0 Å². The third kappa shape index (κ3) is 2.39. The molecule has 2 saturated carbocycles. The summed E-state index contributed by atoms with van der Waals surface area (Å²) < 4.78 is 4.86. The van der Waals surface area contributed by atoms with E-state index in [1.807, 2.05) is 0 Å². The van der Waals surface area contributed by atoms with Gasteiger partial charge in [-0.3, -0.25) is 4.79 Å². The number of carbonyl (C=O) groups excluding carboxylic acids is 1. The number of methoxy groups -OCH3 is 1. The number of aliphatic carboxylic acids is 1. The Labute approximate surface area is 138 Å². The fraction of sp³-hybridized carbons (Fsp3) is 0.889. The first kappa shape index (κ1) is 18.2. The number of rotatable bonds is 3. The second-order valence-electron chi connectivity index (χ2n) is 8.61. The highest BCUT2D eigenvalue weighted by atomic mass is 16.5. The van der Waals surface area contributed by atoms with Gasteiger partial charge in [0.25, 0.3) is 0 Å². The van der Waals surface area contributed by atoms with E-state index in [2.05, 4.69) is 20.8 Å². The lowest BCUT2D eigenvalue weighted by atomic mass is 9.39. The van der Waals surface area contributed by atoms with Crippen LogP contribution in [0.5, 0.6) is 0 Å². The third-order valence-electron chi connectivity index (χ3n) is 7.23. The molecule has 0 radical (unpaired) electrons. The molecule has 0 saturated heterocycles. The molecule has 0 heterocycles. The Morgan fingerprint density at radius 1 is 1.13 bits per heavy atom. The van der Waals surface area contributed by atoms with Crippen molar-refractivity contribution in [3.05, 3.63) is 0 Å². The molecule has 0 aromatic carbocycles. The number of esters is 1. The van der Waals surface area contributed by atoms with Crippen LogP contribution in [-0.2, 0) is 14.3 Å². The lowest BCUT2D eigenvalue weighted by Gasteiger charge is -2.65. The molecule has 0 spiro atoms. The van der Waals surface area contributed by atoms with Gasteiger partial charge in [-0.1, -0.05) is 34.1 Å². The van der Waals surface area contributed by atoms with Gasteiger partial charge in [0.05, 0.1) is 13.5 Å². The lowest BCUT2D eigenvalue weighted by molar-refractivity contribution is -0.241. The number of ether oxygens (including phenoxy) is 1. The van der Waals surface area contributed by atoms with Crippen LogP contribution in [0.2, 0.25) is 0 Å². The molecule has 4 unspecified atom stereocenters. The molecular weight excluding hydrogens is 296 g/mol. The zero-order valence-electron chi connectivity index (χ0n) is 14.9. The van der Waals surface area contributed by atoms with E-state index in [1.54, 1.807) is 6.92 Å². The fourth-order valence-corrected chi connectivity index (χ4v) is 5.74. The van der Waals surface area contributed by atoms with Crippen LogP contribution < -0.4 is 0 Å². The average molecular weight is 326 g/mol. The lowest BCUT2D eigenvalue weighted by Crippen LogP contribution is -2.68. The maximum Gasteiger partial charge on any atom is 0.338 e. The maximum atomic E-state index is 12.4. The van der Waals surface area contributed by atoms with Gasteiger partial charge in [-0.2, -0.15) is 0 Å². The number of aliphatic hydroxyl groups is 1. The zero-order chi connectivity index (χ0) is 17.7. The van der Waals surface area contributed by atoms with Crippen LogP contribution in [-0.4, -0.2) is 34.9 Å². The minimum atomic E-state index is -1.75. The van der Waals surface area contributed by atoms with Gasteiger partial charge in [-0.05, 0) is 42.4 Å². The van der Waals surface area contributed by atoms with Gasteiger partial charge in [0.15, 0.2) is 5.60 Å². The van der Waals surface area contributed by atoms with Crippen molar-refractivity contribution in [2.75, 3.05) is 7.11 Å². The van der Waals surface area contributed by atoms with Crippen LogP contribution in [0.3, 0.4) is 0 Å². The topological polar surface area (TPSA) is 83.8 Å². The van der Waals surface area contributed by atoms with Crippen molar-refractivity contribution in [3.8, 4) is 0 Å². The molecular formula is C18H30O5. The molecule has 2 rings (SSSR count). The molecule has 2 fully saturated rings. The zero-order valence-corrected chi connectivity index (χ0v) is 14.9. The molecule has 0 bridgehead atoms. The smallest absolute Gasteiger partial charge is 0.338 e. The van der Waals surface area contributed by atoms with E-state index in [0.717, 1.165) is 19.3 Å². The van der Waals surface area contributed by atoms with E-state index in [-0.39, 0.29) is 24.2 Å². The Balaban J connectivity index is 2.61. The number of carboxylic acid groups (broad SMARTS) is 1. The molecule has 0 aliphatic heterocycles. The first-order chi connectivity index (χ1) is 10.4. The van der Waals surface area contributed by atoms with Crippen LogP contribution in [0.1, 0.15) is 66.2 Å². The number of carboxylic acids is 1. The standard InChI is InChI=1S/C18H30O5/c1-15(2)8-6-9-16(3)12(15)7-10-18(22,14(21)23-5)17(16,4)11-13(19)20/h12,22H,6-11H2,1-5H3,(H,19,20). The van der Waals surface area contributed by atoms with E-state index < -0.39 is 28.4 Å². The summed E-state index contributed by atoms with van der Waals surface area (Å²) in [7, 11) is 1.25. The summed E-state index contributed by atoms with van der Waals surface area (Å²) in [5.74, 6) is -1.41. The number of hydrogen-bond acceptors (Lipinski definition) is 4. The summed E-state index contributed by atoms with van der Waals surface area (Å²) in [4.78, 5) is 24.0. The average Bonchev–Trinajstić information content (AvgIpc) is 2.42. The summed E-state index contributed by atoms with van der Waals surface area (Å²) in [6, 6.07) is 0. The van der Waals surface area contributed by atoms with Crippen molar-refractivity contribution >= 4 is 11.9 Å². The van der Waals surface area contributed by atoms with Crippen LogP contribution in [0, 0.1) is 22.2 Å². The van der Waals surface area contributed by atoms with Crippen LogP contribution in [0.25, 0.3) is 0 Å². The SMILES string of the molecule is COC(=O)C1(O)CCC2C(C)(C)CCCC2(C)C1(C)CC(=O)O. The first-order valence-electron chi connectivity index (χ1n) is 8.47. The molecule has 0 aromatic rings. The number of carbonyl (C=O) groups is 2. The molecule has 0 aromatic heterocycles. The molecule has 132 valence electrons. The van der Waals surface area contributed by atoms with Crippen LogP contribution >= 0.6 is 0 Å². The quantitative estimate of drug-likeness (QED) is 0.779. The molecule has 5 nitrogen and oxygen atoms in total. The van der Waals surface area contributed by atoms with Gasteiger partial charge in [0.2, 0.25) is 0 Å². The highest BCUT2D eigenvalue weighted by Crippen LogP contribution is 2.68. The van der Waals surface area contributed by atoms with Crippen molar-refractivity contribution < 1.29 is 24.5 Å². The third-order valence-corrected chi connectivity index (χ3v) is 7.23. The van der Waals surface area contributed by atoms with Crippen molar-refractivity contribution in [1.82, 2.24) is 0 Å². The Morgan fingerprint density at radius 3 is 2.26 bits per heavy atom. The highest BCUT2D eigenvalue weighted by molar-refractivity contribution is 5.82. The minimum Gasteiger partial charge on any atom is -0.481 e. The second kappa shape index (κ2) is 5.47. The Kier molecular flexibility index (Phi) is 4.34. The largest absolute Gasteiger partial charge is 0.481 e. The second-order valence-corrected chi connectivity index (χ2v) is 8.61. The van der Waals surface area contributed by atoms with E-state index in [4.69, 9.17) is 4.74 Å². The molecule has 2 N–H and O–H groups in total. The summed E-state index contributed by atoms with van der Waals surface area (Å²) >= 11 is 0. The molecule has 23 heavy (non-hydrogen) atoms. The van der Waals surface area contributed by atoms with Crippen molar-refractivity contribution in [1.29, 1.82) is 0 Å². The molecule has 5 heteroatoms. The van der Waals surface area contributed by atoms with Gasteiger partial charge in [-0.25, -0.2) is 4.79 Å². The van der Waals surface area contributed by atoms with Crippen LogP contribution in [0.4, 0.5) is 0 Å². The van der Waals surface area contributed by atoms with Crippen molar-refractivity contribution in [2.24, 2.45) is 22.2 Å². The fourth-order valence-electron chi connectivity index (χ4n) is 5.74. The minimum absolute atomic E-state index is 0.0736. The number of hydrogen-bond donors (Lipinski definition) is 2. The van der Waals surface area contributed by atoms with Crippen molar-refractivity contribution in [3.63, 3.8) is 0 Å². The summed E-state index contributed by atoms with van der Waals surface area (Å²) in [6.45, 7) is 8.28. The van der Waals surface area contributed by atoms with Gasteiger partial charge in [-0.15, -0.1) is 0 Å². The van der Waals surface area contributed by atoms with Gasteiger partial charge in [0.1, 0.15) is 0 Å². The van der Waals surface area contributed by atoms with E-state index in [0.29, 0.717) is 6.42 Å². The Morgan fingerprint density at radius 2 is 1.74 bits per heavy atom. The normalized spacial score (nSPS) is 42.6. The Bertz CT molecular complexity index is 514. The molecule has 2 aliphatic carbocycles. The Hall–Kier alpha value is -1.10. The van der Waals surface area contributed by atoms with E-state index in [1.165, 1.54) is 7.11 Å². The summed E-state index contributed by atoms with van der Waals surface area (Å²) in [6.07, 6.45) is 3.63. The molecule has 4 atom stereocenters. The summed E-state index contributed by atoms with van der Waals surface area (Å²) in [5, 5.41) is 20.7. The van der Waals surface area contributed by atoms with Gasteiger partial charge >= 0.3 is 11.9 Å². The predicted molar refractivity (Wildman–Crippen MR) is 85.8 cm³/mol. The molecule has 2 aliphatic rings.